The van der Waals surface area contributed by atoms with Crippen LogP contribution in [0.5, 0.6) is 0 Å². The number of aromatic nitrogens is 5. The fourth-order valence-electron chi connectivity index (χ4n) is 2.97. The van der Waals surface area contributed by atoms with Crippen LogP contribution in [0.4, 0.5) is 0 Å². The maximum Gasteiger partial charge on any atom is 0.274 e. The molecule has 7 heteroatoms. The number of amides is 1. The highest BCUT2D eigenvalue weighted by atomic mass is 16.2. The Morgan fingerprint density at radius 3 is 2.65 bits per heavy atom. The third-order valence-electron chi connectivity index (χ3n) is 4.23. The lowest BCUT2D eigenvalue weighted by atomic mass is 10.1. The third kappa shape index (κ3) is 2.65. The molecule has 0 spiro atoms. The molecule has 1 aromatic carbocycles. The van der Waals surface area contributed by atoms with E-state index < -0.39 is 0 Å². The summed E-state index contributed by atoms with van der Waals surface area (Å²) >= 11 is 0. The minimum absolute atomic E-state index is 0.0553. The van der Waals surface area contributed by atoms with Crippen LogP contribution in [0.1, 0.15) is 29.4 Å². The van der Waals surface area contributed by atoms with Crippen LogP contribution in [0.3, 0.4) is 0 Å². The van der Waals surface area contributed by atoms with Crippen molar-refractivity contribution in [1.29, 1.82) is 0 Å². The number of piperidine rings is 1. The van der Waals surface area contributed by atoms with Gasteiger partial charge in [-0.15, -0.1) is 5.10 Å². The first-order valence-corrected chi connectivity index (χ1v) is 7.68. The maximum atomic E-state index is 12.6. The van der Waals surface area contributed by atoms with Gasteiger partial charge in [0.1, 0.15) is 5.69 Å². The molecule has 0 unspecified atom stereocenters. The van der Waals surface area contributed by atoms with E-state index in [0.29, 0.717) is 24.8 Å². The van der Waals surface area contributed by atoms with E-state index in [1.165, 1.54) is 0 Å². The van der Waals surface area contributed by atoms with Crippen molar-refractivity contribution >= 4 is 16.9 Å². The lowest BCUT2D eigenvalue weighted by Crippen LogP contribution is -2.39. The average Bonchev–Trinajstić information content (AvgIpc) is 3.15. The van der Waals surface area contributed by atoms with E-state index in [9.17, 15) is 4.79 Å². The van der Waals surface area contributed by atoms with Gasteiger partial charge in [-0.2, -0.15) is 0 Å². The first-order valence-electron chi connectivity index (χ1n) is 7.68. The van der Waals surface area contributed by atoms with Crippen LogP contribution in [0, 0.1) is 0 Å². The minimum Gasteiger partial charge on any atom is -0.337 e. The molecular formula is C16H16N6O. The second kappa shape index (κ2) is 5.75. The normalized spacial score (nSPS) is 15.9. The zero-order chi connectivity index (χ0) is 15.6. The van der Waals surface area contributed by atoms with Gasteiger partial charge in [-0.05, 0) is 25.0 Å². The summed E-state index contributed by atoms with van der Waals surface area (Å²) in [5.74, 6) is -0.0553. The van der Waals surface area contributed by atoms with E-state index in [2.05, 4.69) is 20.3 Å². The van der Waals surface area contributed by atoms with E-state index >= 15 is 0 Å². The average molecular weight is 308 g/mol. The summed E-state index contributed by atoms with van der Waals surface area (Å²) in [5.41, 5.74) is 1.95. The van der Waals surface area contributed by atoms with Gasteiger partial charge in [0.25, 0.3) is 5.91 Å². The second-order valence-corrected chi connectivity index (χ2v) is 5.65. The zero-order valence-electron chi connectivity index (χ0n) is 12.5. The van der Waals surface area contributed by atoms with Crippen molar-refractivity contribution in [3.05, 3.63) is 48.5 Å². The van der Waals surface area contributed by atoms with E-state index in [4.69, 9.17) is 0 Å². The molecule has 2 aromatic heterocycles. The van der Waals surface area contributed by atoms with E-state index in [1.54, 1.807) is 12.4 Å². The molecule has 3 aromatic rings. The Morgan fingerprint density at radius 2 is 1.91 bits per heavy atom. The largest absolute Gasteiger partial charge is 0.337 e. The molecule has 0 N–H and O–H groups in total. The highest BCUT2D eigenvalue weighted by molar-refractivity contribution is 5.93. The molecule has 1 saturated heterocycles. The molecule has 1 amide bonds. The molecule has 1 aliphatic heterocycles. The molecular weight excluding hydrogens is 292 g/mol. The van der Waals surface area contributed by atoms with Crippen molar-refractivity contribution in [1.82, 2.24) is 29.9 Å². The second-order valence-electron chi connectivity index (χ2n) is 5.65. The van der Waals surface area contributed by atoms with E-state index in [1.807, 2.05) is 40.0 Å². The first-order chi connectivity index (χ1) is 11.3. The molecule has 0 bridgehead atoms. The third-order valence-corrected chi connectivity index (χ3v) is 4.23. The highest BCUT2D eigenvalue weighted by Gasteiger charge is 2.25. The molecule has 116 valence electrons. The van der Waals surface area contributed by atoms with Gasteiger partial charge in [0, 0.05) is 19.3 Å². The van der Waals surface area contributed by atoms with Gasteiger partial charge < -0.3 is 4.90 Å². The molecule has 0 saturated carbocycles. The molecule has 0 atom stereocenters. The van der Waals surface area contributed by atoms with Gasteiger partial charge in [-0.1, -0.05) is 17.3 Å². The zero-order valence-corrected chi connectivity index (χ0v) is 12.5. The summed E-state index contributed by atoms with van der Waals surface area (Å²) in [6.07, 6.45) is 6.86. The topological polar surface area (TPSA) is 76.8 Å². The quantitative estimate of drug-likeness (QED) is 0.720. The molecule has 4 rings (SSSR count). The van der Waals surface area contributed by atoms with Crippen LogP contribution in [-0.4, -0.2) is 48.9 Å². The number of fused-ring (bicyclic) bond motifs is 1. The fraction of sp³-hybridized carbons (Fsp3) is 0.312. The van der Waals surface area contributed by atoms with Crippen LogP contribution in [-0.2, 0) is 0 Å². The van der Waals surface area contributed by atoms with Crippen LogP contribution in [0.2, 0.25) is 0 Å². The van der Waals surface area contributed by atoms with Crippen LogP contribution < -0.4 is 0 Å². The van der Waals surface area contributed by atoms with Gasteiger partial charge >= 0.3 is 0 Å². The van der Waals surface area contributed by atoms with Crippen molar-refractivity contribution in [3.8, 4) is 0 Å². The Labute approximate surface area is 133 Å². The summed E-state index contributed by atoms with van der Waals surface area (Å²) in [6, 6.07) is 7.88. The van der Waals surface area contributed by atoms with Crippen LogP contribution in [0.15, 0.2) is 42.9 Å². The van der Waals surface area contributed by atoms with Gasteiger partial charge in [0.2, 0.25) is 0 Å². The smallest absolute Gasteiger partial charge is 0.274 e. The SMILES string of the molecule is O=C(c1cnc2ccccc2n1)N1CCC(n2ccnn2)CC1. The Hall–Kier alpha value is -2.83. The predicted octanol–water partition coefficient (Wildman–Crippen LogP) is 1.70. The molecule has 7 nitrogen and oxygen atoms in total. The van der Waals surface area contributed by atoms with E-state index in [0.717, 1.165) is 23.9 Å². The Balaban J connectivity index is 1.48. The first kappa shape index (κ1) is 13.8. The summed E-state index contributed by atoms with van der Waals surface area (Å²) in [6.45, 7) is 1.38. The monoisotopic (exact) mass is 308 g/mol. The lowest BCUT2D eigenvalue weighted by molar-refractivity contribution is 0.0683. The molecule has 1 aliphatic rings. The van der Waals surface area contributed by atoms with Crippen molar-refractivity contribution in [2.45, 2.75) is 18.9 Å². The number of hydrogen-bond acceptors (Lipinski definition) is 5. The maximum absolute atomic E-state index is 12.6. The predicted molar refractivity (Wildman–Crippen MR) is 83.7 cm³/mol. The van der Waals surface area contributed by atoms with E-state index in [-0.39, 0.29) is 5.91 Å². The molecule has 23 heavy (non-hydrogen) atoms. The highest BCUT2D eigenvalue weighted by Crippen LogP contribution is 2.22. The van der Waals surface area contributed by atoms with Gasteiger partial charge in [-0.25, -0.2) is 9.67 Å². The number of hydrogen-bond donors (Lipinski definition) is 0. The molecule has 3 heterocycles. The number of benzene rings is 1. The summed E-state index contributed by atoms with van der Waals surface area (Å²) in [4.78, 5) is 23.2. The minimum atomic E-state index is -0.0553. The number of para-hydroxylation sites is 2. The molecule has 1 fully saturated rings. The van der Waals surface area contributed by atoms with Crippen molar-refractivity contribution in [2.75, 3.05) is 13.1 Å². The number of nitrogens with zero attached hydrogens (tertiary/aromatic N) is 6. The van der Waals surface area contributed by atoms with Crippen molar-refractivity contribution in [2.24, 2.45) is 0 Å². The fourth-order valence-corrected chi connectivity index (χ4v) is 2.97. The van der Waals surface area contributed by atoms with Crippen LogP contribution >= 0.6 is 0 Å². The Bertz CT molecular complexity index is 823. The summed E-state index contributed by atoms with van der Waals surface area (Å²) < 4.78 is 1.87. The van der Waals surface area contributed by atoms with Gasteiger partial charge in [0.15, 0.2) is 0 Å². The lowest BCUT2D eigenvalue weighted by Gasteiger charge is -2.31. The van der Waals surface area contributed by atoms with Gasteiger partial charge in [-0.3, -0.25) is 9.78 Å². The van der Waals surface area contributed by atoms with Crippen LogP contribution in [0.25, 0.3) is 11.0 Å². The summed E-state index contributed by atoms with van der Waals surface area (Å²) in [7, 11) is 0. The number of likely N-dealkylation sites (tertiary alicyclic amines) is 1. The van der Waals surface area contributed by atoms with Gasteiger partial charge in [0.05, 0.1) is 29.5 Å². The van der Waals surface area contributed by atoms with Crippen molar-refractivity contribution in [3.63, 3.8) is 0 Å². The number of carbonyl (C=O) groups is 1. The Kier molecular flexibility index (Phi) is 3.45. The molecule has 0 radical (unpaired) electrons. The number of rotatable bonds is 2. The van der Waals surface area contributed by atoms with Crippen molar-refractivity contribution < 1.29 is 4.79 Å². The standard InChI is InChI=1S/C16H16N6O/c23-16(15-11-17-13-3-1-2-4-14(13)19-15)21-8-5-12(6-9-21)22-10-7-18-20-22/h1-4,7,10-12H,5-6,8-9H2. The summed E-state index contributed by atoms with van der Waals surface area (Å²) in [5, 5.41) is 7.89. The molecule has 0 aliphatic carbocycles. The Morgan fingerprint density at radius 1 is 1.13 bits per heavy atom. The number of carbonyl (C=O) groups excluding carboxylic acids is 1.